The summed E-state index contributed by atoms with van der Waals surface area (Å²) in [5.74, 6) is -0.157. The SMILES string of the molecule is CC(C)(CO)CNC(=O)c1ccc2nc(N)sc2c1. The van der Waals surface area contributed by atoms with Gasteiger partial charge in [-0.15, -0.1) is 0 Å². The van der Waals surface area contributed by atoms with Gasteiger partial charge in [0.2, 0.25) is 0 Å². The molecule has 1 aromatic heterocycles. The van der Waals surface area contributed by atoms with Gasteiger partial charge in [-0.05, 0) is 18.2 Å². The minimum Gasteiger partial charge on any atom is -0.396 e. The Balaban J connectivity index is 2.13. The fourth-order valence-corrected chi connectivity index (χ4v) is 2.33. The minimum atomic E-state index is -0.325. The lowest BCUT2D eigenvalue weighted by Crippen LogP contribution is -2.36. The molecule has 6 heteroatoms. The van der Waals surface area contributed by atoms with Crippen molar-refractivity contribution in [2.45, 2.75) is 13.8 Å². The van der Waals surface area contributed by atoms with Crippen LogP contribution in [0.15, 0.2) is 18.2 Å². The van der Waals surface area contributed by atoms with Crippen molar-refractivity contribution in [1.82, 2.24) is 10.3 Å². The molecule has 5 nitrogen and oxygen atoms in total. The second-order valence-electron chi connectivity index (χ2n) is 5.24. The predicted molar refractivity (Wildman–Crippen MR) is 77.2 cm³/mol. The molecule has 2 rings (SSSR count). The molecular formula is C13H17N3O2S. The Bertz CT molecular complexity index is 607. The molecule has 0 bridgehead atoms. The van der Waals surface area contributed by atoms with Crippen molar-refractivity contribution in [1.29, 1.82) is 0 Å². The second-order valence-corrected chi connectivity index (χ2v) is 6.30. The van der Waals surface area contributed by atoms with Crippen LogP contribution in [0.4, 0.5) is 5.13 Å². The zero-order chi connectivity index (χ0) is 14.0. The van der Waals surface area contributed by atoms with Gasteiger partial charge in [0.25, 0.3) is 5.91 Å². The molecule has 2 aromatic rings. The first-order chi connectivity index (χ1) is 8.91. The Hall–Kier alpha value is -1.66. The number of rotatable bonds is 4. The van der Waals surface area contributed by atoms with Gasteiger partial charge >= 0.3 is 0 Å². The molecule has 102 valence electrons. The number of aromatic nitrogens is 1. The van der Waals surface area contributed by atoms with Gasteiger partial charge in [0.15, 0.2) is 5.13 Å². The van der Waals surface area contributed by atoms with Crippen molar-refractivity contribution in [2.75, 3.05) is 18.9 Å². The number of amides is 1. The average molecular weight is 279 g/mol. The molecule has 4 N–H and O–H groups in total. The minimum absolute atomic E-state index is 0.0255. The quantitative estimate of drug-likeness (QED) is 0.793. The number of fused-ring (bicyclic) bond motifs is 1. The number of aliphatic hydroxyl groups is 1. The van der Waals surface area contributed by atoms with Crippen LogP contribution in [-0.2, 0) is 0 Å². The topological polar surface area (TPSA) is 88.2 Å². The van der Waals surface area contributed by atoms with Crippen molar-refractivity contribution < 1.29 is 9.90 Å². The molecule has 1 aromatic carbocycles. The molecule has 0 fully saturated rings. The fourth-order valence-electron chi connectivity index (χ4n) is 1.56. The van der Waals surface area contributed by atoms with Crippen LogP contribution in [0, 0.1) is 5.41 Å². The van der Waals surface area contributed by atoms with Gasteiger partial charge in [-0.3, -0.25) is 4.79 Å². The van der Waals surface area contributed by atoms with E-state index in [2.05, 4.69) is 10.3 Å². The van der Waals surface area contributed by atoms with Crippen LogP contribution in [0.3, 0.4) is 0 Å². The third-order valence-electron chi connectivity index (χ3n) is 2.82. The van der Waals surface area contributed by atoms with Gasteiger partial charge in [0, 0.05) is 24.1 Å². The van der Waals surface area contributed by atoms with Gasteiger partial charge in [-0.2, -0.15) is 0 Å². The lowest BCUT2D eigenvalue weighted by molar-refractivity contribution is 0.0911. The monoisotopic (exact) mass is 279 g/mol. The second kappa shape index (κ2) is 5.14. The van der Waals surface area contributed by atoms with E-state index < -0.39 is 0 Å². The van der Waals surface area contributed by atoms with Crippen LogP contribution in [-0.4, -0.2) is 29.1 Å². The van der Waals surface area contributed by atoms with Crippen molar-refractivity contribution in [3.05, 3.63) is 23.8 Å². The summed E-state index contributed by atoms with van der Waals surface area (Å²) in [5.41, 5.74) is 6.68. The van der Waals surface area contributed by atoms with Gasteiger partial charge in [-0.25, -0.2) is 4.98 Å². The molecule has 19 heavy (non-hydrogen) atoms. The maximum absolute atomic E-state index is 12.0. The summed E-state index contributed by atoms with van der Waals surface area (Å²) in [5, 5.41) is 12.5. The van der Waals surface area contributed by atoms with Crippen molar-refractivity contribution >= 4 is 32.6 Å². The lowest BCUT2D eigenvalue weighted by Gasteiger charge is -2.21. The molecule has 0 unspecified atom stereocenters. The molecule has 0 saturated heterocycles. The normalized spacial score (nSPS) is 11.7. The van der Waals surface area contributed by atoms with Crippen molar-refractivity contribution in [2.24, 2.45) is 5.41 Å². The summed E-state index contributed by atoms with van der Waals surface area (Å²) in [7, 11) is 0. The Morgan fingerprint density at radius 1 is 1.53 bits per heavy atom. The molecule has 1 amide bonds. The van der Waals surface area contributed by atoms with Gasteiger partial charge < -0.3 is 16.2 Å². The summed E-state index contributed by atoms with van der Waals surface area (Å²) in [4.78, 5) is 16.2. The number of carbonyl (C=O) groups is 1. The third kappa shape index (κ3) is 3.21. The number of anilines is 1. The van der Waals surface area contributed by atoms with E-state index in [9.17, 15) is 4.79 Å². The van der Waals surface area contributed by atoms with Crippen LogP contribution >= 0.6 is 11.3 Å². The molecule has 0 aliphatic carbocycles. The van der Waals surface area contributed by atoms with Crippen molar-refractivity contribution in [3.63, 3.8) is 0 Å². The Morgan fingerprint density at radius 2 is 2.26 bits per heavy atom. The van der Waals surface area contributed by atoms with E-state index in [0.717, 1.165) is 10.2 Å². The van der Waals surface area contributed by atoms with Crippen LogP contribution in [0.5, 0.6) is 0 Å². The number of nitrogen functional groups attached to an aromatic ring is 1. The molecule has 0 spiro atoms. The largest absolute Gasteiger partial charge is 0.396 e. The molecule has 0 aliphatic rings. The first-order valence-electron chi connectivity index (χ1n) is 5.96. The van der Waals surface area contributed by atoms with E-state index in [1.54, 1.807) is 18.2 Å². The fraction of sp³-hybridized carbons (Fsp3) is 0.385. The standard InChI is InChI=1S/C13H17N3O2S/c1-13(2,7-17)6-15-11(18)8-3-4-9-10(5-8)19-12(14)16-9/h3-5,17H,6-7H2,1-2H3,(H2,14,16)(H,15,18). The number of nitrogens with zero attached hydrogens (tertiary/aromatic N) is 1. The summed E-state index contributed by atoms with van der Waals surface area (Å²) < 4.78 is 0.895. The highest BCUT2D eigenvalue weighted by Crippen LogP contribution is 2.24. The number of carbonyl (C=O) groups excluding carboxylic acids is 1. The predicted octanol–water partition coefficient (Wildman–Crippen LogP) is 1.63. The molecule has 1 heterocycles. The van der Waals surface area contributed by atoms with Crippen molar-refractivity contribution in [3.8, 4) is 0 Å². The molecule has 0 saturated carbocycles. The van der Waals surface area contributed by atoms with E-state index in [1.165, 1.54) is 11.3 Å². The Kier molecular flexibility index (Phi) is 3.73. The first kappa shape index (κ1) is 13.8. The van der Waals surface area contributed by atoms with Crippen LogP contribution in [0.25, 0.3) is 10.2 Å². The molecule has 0 radical (unpaired) electrons. The maximum atomic E-state index is 12.0. The van der Waals surface area contributed by atoms with Gasteiger partial charge in [0.05, 0.1) is 10.2 Å². The molecule has 0 atom stereocenters. The number of thiazole rings is 1. The summed E-state index contributed by atoms with van der Waals surface area (Å²) in [6.07, 6.45) is 0. The first-order valence-corrected chi connectivity index (χ1v) is 6.78. The Labute approximate surface area is 115 Å². The number of aliphatic hydroxyl groups excluding tert-OH is 1. The summed E-state index contributed by atoms with van der Waals surface area (Å²) in [6.45, 7) is 4.23. The van der Waals surface area contributed by atoms with E-state index >= 15 is 0 Å². The Morgan fingerprint density at radius 3 is 2.95 bits per heavy atom. The van der Waals surface area contributed by atoms with Crippen LogP contribution < -0.4 is 11.1 Å². The van der Waals surface area contributed by atoms with Crippen LogP contribution in [0.1, 0.15) is 24.2 Å². The number of benzene rings is 1. The maximum Gasteiger partial charge on any atom is 0.251 e. The summed E-state index contributed by atoms with van der Waals surface area (Å²) >= 11 is 1.36. The van der Waals surface area contributed by atoms with Gasteiger partial charge in [0.1, 0.15) is 0 Å². The number of hydrogen-bond donors (Lipinski definition) is 3. The average Bonchev–Trinajstić information content (AvgIpc) is 2.75. The van der Waals surface area contributed by atoms with Gasteiger partial charge in [-0.1, -0.05) is 25.2 Å². The van der Waals surface area contributed by atoms with Crippen LogP contribution in [0.2, 0.25) is 0 Å². The van der Waals surface area contributed by atoms with E-state index in [0.29, 0.717) is 17.2 Å². The zero-order valence-electron chi connectivity index (χ0n) is 10.9. The molecular weight excluding hydrogens is 262 g/mol. The number of nitrogens with two attached hydrogens (primary N) is 1. The number of hydrogen-bond acceptors (Lipinski definition) is 5. The van der Waals surface area contributed by atoms with E-state index in [1.807, 2.05) is 13.8 Å². The third-order valence-corrected chi connectivity index (χ3v) is 3.67. The smallest absolute Gasteiger partial charge is 0.251 e. The highest BCUT2D eigenvalue weighted by molar-refractivity contribution is 7.22. The zero-order valence-corrected chi connectivity index (χ0v) is 11.8. The van der Waals surface area contributed by atoms with E-state index in [4.69, 9.17) is 10.8 Å². The van der Waals surface area contributed by atoms with E-state index in [-0.39, 0.29) is 17.9 Å². The highest BCUT2D eigenvalue weighted by atomic mass is 32.1. The summed E-state index contributed by atoms with van der Waals surface area (Å²) in [6, 6.07) is 5.29. The lowest BCUT2D eigenvalue weighted by atomic mass is 9.95. The number of nitrogens with one attached hydrogen (secondary N) is 1. The highest BCUT2D eigenvalue weighted by Gasteiger charge is 2.18. The molecule has 0 aliphatic heterocycles.